The van der Waals surface area contributed by atoms with Crippen molar-refractivity contribution in [2.75, 3.05) is 5.75 Å². The standard InChI is InChI=1S/C12H12F6O4S3/c1-2-3-4-23-8-5-9(24(19,20)11(13,14)15)7-10(6-8)25(21,22)12(16,17)18/h5-7H,2-4H2,1H3. The zero-order valence-corrected chi connectivity index (χ0v) is 14.9. The summed E-state index contributed by atoms with van der Waals surface area (Å²) in [5.74, 6) is 0.261. The maximum absolute atomic E-state index is 12.7. The first-order chi connectivity index (χ1) is 11.1. The highest BCUT2D eigenvalue weighted by molar-refractivity contribution is 7.99. The Hall–Kier alpha value is -0.950. The topological polar surface area (TPSA) is 68.3 Å². The molecule has 0 atom stereocenters. The molecule has 1 aromatic carbocycles. The molecule has 0 saturated carbocycles. The SMILES string of the molecule is CCCCSc1cc(S(=O)(=O)C(F)(F)F)cc(S(=O)(=O)C(F)(F)F)c1. The van der Waals surface area contributed by atoms with Gasteiger partial charge in [0.25, 0.3) is 19.7 Å². The minimum atomic E-state index is -6.00. The average Bonchev–Trinajstić information content (AvgIpc) is 2.44. The molecule has 4 nitrogen and oxygen atoms in total. The minimum absolute atomic E-state index is 0.129. The van der Waals surface area contributed by atoms with Crippen LogP contribution in [0, 0.1) is 0 Å². The third kappa shape index (κ3) is 4.82. The lowest BCUT2D eigenvalue weighted by Gasteiger charge is -2.13. The summed E-state index contributed by atoms with van der Waals surface area (Å²) in [7, 11) is -12.0. The summed E-state index contributed by atoms with van der Waals surface area (Å²) in [6, 6.07) is 0.895. The van der Waals surface area contributed by atoms with Gasteiger partial charge in [-0.1, -0.05) is 13.3 Å². The Morgan fingerprint density at radius 1 is 0.840 bits per heavy atom. The number of hydrogen-bond acceptors (Lipinski definition) is 5. The molecule has 0 radical (unpaired) electrons. The van der Waals surface area contributed by atoms with Gasteiger partial charge in [0, 0.05) is 4.90 Å². The van der Waals surface area contributed by atoms with Crippen molar-refractivity contribution in [1.29, 1.82) is 0 Å². The monoisotopic (exact) mass is 430 g/mol. The molecule has 0 N–H and O–H groups in total. The molecule has 1 aromatic rings. The van der Waals surface area contributed by atoms with E-state index in [1.807, 2.05) is 0 Å². The van der Waals surface area contributed by atoms with Crippen LogP contribution in [0.15, 0.2) is 32.9 Å². The van der Waals surface area contributed by atoms with Crippen molar-refractivity contribution < 1.29 is 43.2 Å². The highest BCUT2D eigenvalue weighted by atomic mass is 32.2. The predicted octanol–water partition coefficient (Wildman–Crippen LogP) is 4.17. The van der Waals surface area contributed by atoms with Gasteiger partial charge in [0.05, 0.1) is 9.79 Å². The van der Waals surface area contributed by atoms with Crippen LogP contribution in [-0.4, -0.2) is 33.6 Å². The molecule has 0 bridgehead atoms. The van der Waals surface area contributed by atoms with Gasteiger partial charge in [-0.15, -0.1) is 11.8 Å². The Morgan fingerprint density at radius 3 is 1.56 bits per heavy atom. The fourth-order valence-corrected chi connectivity index (χ4v) is 4.52. The lowest BCUT2D eigenvalue weighted by atomic mass is 10.4. The fraction of sp³-hybridized carbons (Fsp3) is 0.500. The quantitative estimate of drug-likeness (QED) is 0.385. The Kier molecular flexibility index (Phi) is 6.49. The highest BCUT2D eigenvalue weighted by Crippen LogP contribution is 2.37. The van der Waals surface area contributed by atoms with Gasteiger partial charge >= 0.3 is 11.0 Å². The van der Waals surface area contributed by atoms with Gasteiger partial charge in [-0.3, -0.25) is 0 Å². The second kappa shape index (κ2) is 7.35. The average molecular weight is 430 g/mol. The Balaban J connectivity index is 3.60. The number of benzene rings is 1. The first-order valence-electron chi connectivity index (χ1n) is 6.55. The second-order valence-electron chi connectivity index (χ2n) is 4.74. The Labute approximate surface area is 144 Å². The summed E-state index contributed by atoms with van der Waals surface area (Å²) < 4.78 is 122. The van der Waals surface area contributed by atoms with E-state index in [0.29, 0.717) is 25.0 Å². The number of unbranched alkanes of at least 4 members (excludes halogenated alkanes) is 1. The van der Waals surface area contributed by atoms with Crippen LogP contribution in [0.1, 0.15) is 19.8 Å². The fourth-order valence-electron chi connectivity index (χ4n) is 1.54. The third-order valence-electron chi connectivity index (χ3n) is 2.85. The molecule has 25 heavy (non-hydrogen) atoms. The van der Waals surface area contributed by atoms with Crippen LogP contribution in [-0.2, 0) is 19.7 Å². The van der Waals surface area contributed by atoms with Gasteiger partial charge in [0.1, 0.15) is 0 Å². The van der Waals surface area contributed by atoms with Gasteiger partial charge in [-0.25, -0.2) is 16.8 Å². The molecule has 0 fully saturated rings. The van der Waals surface area contributed by atoms with E-state index >= 15 is 0 Å². The van der Waals surface area contributed by atoms with Crippen molar-refractivity contribution in [3.05, 3.63) is 18.2 Å². The molecule has 0 spiro atoms. The zero-order chi connectivity index (χ0) is 19.7. The molecule has 0 heterocycles. The predicted molar refractivity (Wildman–Crippen MR) is 78.6 cm³/mol. The molecule has 0 saturated heterocycles. The van der Waals surface area contributed by atoms with Crippen LogP contribution in [0.3, 0.4) is 0 Å². The van der Waals surface area contributed by atoms with Crippen LogP contribution in [0.25, 0.3) is 0 Å². The summed E-state index contributed by atoms with van der Waals surface area (Å²) >= 11 is 0.763. The number of sulfone groups is 2. The van der Waals surface area contributed by atoms with E-state index in [1.165, 1.54) is 0 Å². The summed E-state index contributed by atoms with van der Waals surface area (Å²) in [4.78, 5) is -3.42. The van der Waals surface area contributed by atoms with E-state index < -0.39 is 40.5 Å². The third-order valence-corrected chi connectivity index (χ3v) is 6.84. The number of rotatable bonds is 6. The van der Waals surface area contributed by atoms with Crippen molar-refractivity contribution in [3.8, 4) is 0 Å². The van der Waals surface area contributed by atoms with Crippen LogP contribution < -0.4 is 0 Å². The lowest BCUT2D eigenvalue weighted by Crippen LogP contribution is -2.26. The normalized spacial score (nSPS) is 13.9. The van der Waals surface area contributed by atoms with Gasteiger partial charge < -0.3 is 0 Å². The Morgan fingerprint density at radius 2 is 1.24 bits per heavy atom. The molecule has 0 aliphatic heterocycles. The van der Waals surface area contributed by atoms with Gasteiger partial charge in [0.15, 0.2) is 0 Å². The summed E-state index contributed by atoms with van der Waals surface area (Å²) in [5, 5.41) is 0. The van der Waals surface area contributed by atoms with E-state index in [1.54, 1.807) is 6.92 Å². The lowest BCUT2D eigenvalue weighted by molar-refractivity contribution is -0.0438. The molecule has 0 aliphatic rings. The van der Waals surface area contributed by atoms with Crippen molar-refractivity contribution in [2.24, 2.45) is 0 Å². The summed E-state index contributed by atoms with van der Waals surface area (Å²) in [5.41, 5.74) is -11.6. The molecule has 0 amide bonds. The van der Waals surface area contributed by atoms with E-state index in [9.17, 15) is 43.2 Å². The first-order valence-corrected chi connectivity index (χ1v) is 10.5. The van der Waals surface area contributed by atoms with Crippen LogP contribution in [0.2, 0.25) is 0 Å². The molecule has 0 aromatic heterocycles. The number of halogens is 6. The number of hydrogen-bond donors (Lipinski definition) is 0. The number of thioether (sulfide) groups is 1. The van der Waals surface area contributed by atoms with Crippen molar-refractivity contribution in [3.63, 3.8) is 0 Å². The molecule has 0 aliphatic carbocycles. The smallest absolute Gasteiger partial charge is 0.214 e. The van der Waals surface area contributed by atoms with Gasteiger partial charge in [-0.05, 0) is 30.4 Å². The van der Waals surface area contributed by atoms with E-state index in [4.69, 9.17) is 0 Å². The summed E-state index contributed by atoms with van der Waals surface area (Å²) in [6.07, 6.45) is 1.21. The van der Waals surface area contributed by atoms with Crippen molar-refractivity contribution in [2.45, 2.75) is 45.5 Å². The van der Waals surface area contributed by atoms with Crippen LogP contribution in [0.4, 0.5) is 26.3 Å². The molecule has 0 unspecified atom stereocenters. The summed E-state index contributed by atoms with van der Waals surface area (Å²) in [6.45, 7) is 1.78. The second-order valence-corrected chi connectivity index (χ2v) is 9.79. The van der Waals surface area contributed by atoms with Crippen molar-refractivity contribution in [1.82, 2.24) is 0 Å². The number of alkyl halides is 6. The highest BCUT2D eigenvalue weighted by Gasteiger charge is 2.50. The molecule has 1 rings (SSSR count). The van der Waals surface area contributed by atoms with E-state index in [-0.39, 0.29) is 16.7 Å². The van der Waals surface area contributed by atoms with Crippen molar-refractivity contribution >= 4 is 31.4 Å². The molecular weight excluding hydrogens is 418 g/mol. The van der Waals surface area contributed by atoms with E-state index in [0.717, 1.165) is 11.8 Å². The largest absolute Gasteiger partial charge is 0.501 e. The molecular formula is C12H12F6O4S3. The van der Waals surface area contributed by atoms with Gasteiger partial charge in [0.2, 0.25) is 0 Å². The molecule has 13 heteroatoms. The van der Waals surface area contributed by atoms with Crippen LogP contribution in [0.5, 0.6) is 0 Å². The first kappa shape index (κ1) is 22.1. The van der Waals surface area contributed by atoms with E-state index in [2.05, 4.69) is 0 Å². The maximum atomic E-state index is 12.7. The molecule has 144 valence electrons. The Bertz CT molecular complexity index is 763. The zero-order valence-electron chi connectivity index (χ0n) is 12.5. The minimum Gasteiger partial charge on any atom is -0.214 e. The van der Waals surface area contributed by atoms with Crippen LogP contribution >= 0.6 is 11.8 Å². The maximum Gasteiger partial charge on any atom is 0.501 e. The van der Waals surface area contributed by atoms with Gasteiger partial charge in [-0.2, -0.15) is 26.3 Å².